The van der Waals surface area contributed by atoms with Gasteiger partial charge in [0.25, 0.3) is 0 Å². The molecule has 2 aromatic carbocycles. The fraction of sp³-hybridized carbons (Fsp3) is 0.292. The number of hydrogen-bond donors (Lipinski definition) is 0. The maximum Gasteiger partial charge on any atom is 0.232 e. The first kappa shape index (κ1) is 21.2. The molecular formula is C24H26N4O2S. The van der Waals surface area contributed by atoms with Crippen LogP contribution >= 0.6 is 11.8 Å². The summed E-state index contributed by atoms with van der Waals surface area (Å²) in [5.41, 5.74) is 2.96. The Morgan fingerprint density at radius 2 is 1.68 bits per heavy atom. The number of ether oxygens (including phenoxy) is 1. The average Bonchev–Trinajstić information content (AvgIpc) is 2.85. The minimum Gasteiger partial charge on any atom is -0.496 e. The van der Waals surface area contributed by atoms with E-state index in [1.54, 1.807) is 18.9 Å². The quantitative estimate of drug-likeness (QED) is 0.565. The van der Waals surface area contributed by atoms with Crippen LogP contribution in [0.3, 0.4) is 0 Å². The number of hydrogen-bond acceptors (Lipinski definition) is 6. The van der Waals surface area contributed by atoms with Crippen LogP contribution in [0.5, 0.6) is 5.75 Å². The number of carbonyl (C=O) groups is 1. The first-order valence-electron chi connectivity index (χ1n) is 10.4. The smallest absolute Gasteiger partial charge is 0.232 e. The highest BCUT2D eigenvalue weighted by Crippen LogP contribution is 2.28. The first-order valence-corrected chi connectivity index (χ1v) is 11.5. The number of rotatable bonds is 7. The molecule has 1 aliphatic heterocycles. The number of carbonyl (C=O) groups excluding carboxylic acids is 1. The number of aromatic nitrogens is 2. The molecule has 1 aliphatic rings. The summed E-state index contributed by atoms with van der Waals surface area (Å²) < 4.78 is 5.42. The molecule has 0 radical (unpaired) electrons. The number of benzene rings is 2. The second-order valence-corrected chi connectivity index (χ2v) is 8.31. The molecule has 1 fully saturated rings. The topological polar surface area (TPSA) is 58.6 Å². The average molecular weight is 435 g/mol. The molecule has 4 rings (SSSR count). The molecule has 0 bridgehead atoms. The Kier molecular flexibility index (Phi) is 7.04. The second-order valence-electron chi connectivity index (χ2n) is 7.32. The summed E-state index contributed by atoms with van der Waals surface area (Å²) in [7, 11) is 1.65. The molecule has 0 atom stereocenters. The van der Waals surface area contributed by atoms with Crippen molar-refractivity contribution in [2.45, 2.75) is 5.75 Å². The van der Waals surface area contributed by atoms with E-state index in [4.69, 9.17) is 4.74 Å². The standard InChI is InChI=1S/C24H26N4O2S/c1-30-22-10-6-5-9-20(22)21-11-12-23(26-25-21)27-13-15-28(16-14-27)24(29)18-31-17-19-7-3-2-4-8-19/h2-12H,13-18H2,1H3. The largest absolute Gasteiger partial charge is 0.496 e. The molecule has 0 unspecified atom stereocenters. The third kappa shape index (κ3) is 5.35. The maximum absolute atomic E-state index is 12.5. The molecule has 31 heavy (non-hydrogen) atoms. The van der Waals surface area contributed by atoms with Crippen LogP contribution in [0.15, 0.2) is 66.7 Å². The molecule has 0 spiro atoms. The molecule has 1 aromatic heterocycles. The van der Waals surface area contributed by atoms with Gasteiger partial charge >= 0.3 is 0 Å². The summed E-state index contributed by atoms with van der Waals surface area (Å²) in [5, 5.41) is 8.82. The van der Waals surface area contributed by atoms with E-state index in [1.165, 1.54) is 5.56 Å². The summed E-state index contributed by atoms with van der Waals surface area (Å²) in [4.78, 5) is 16.7. The zero-order chi connectivity index (χ0) is 21.5. The van der Waals surface area contributed by atoms with Crippen molar-refractivity contribution in [1.82, 2.24) is 15.1 Å². The normalized spacial score (nSPS) is 13.8. The Balaban J connectivity index is 1.28. The minimum absolute atomic E-state index is 0.207. The number of anilines is 1. The highest BCUT2D eigenvalue weighted by molar-refractivity contribution is 7.99. The lowest BCUT2D eigenvalue weighted by Gasteiger charge is -2.35. The van der Waals surface area contributed by atoms with E-state index in [9.17, 15) is 4.79 Å². The predicted octanol–water partition coefficient (Wildman–Crippen LogP) is 3.73. The van der Waals surface area contributed by atoms with Gasteiger partial charge in [0.1, 0.15) is 5.75 Å². The van der Waals surface area contributed by atoms with Crippen molar-refractivity contribution < 1.29 is 9.53 Å². The van der Waals surface area contributed by atoms with Crippen molar-refractivity contribution in [2.24, 2.45) is 0 Å². The van der Waals surface area contributed by atoms with Gasteiger partial charge in [-0.3, -0.25) is 4.79 Å². The number of para-hydroxylation sites is 1. The van der Waals surface area contributed by atoms with Crippen LogP contribution < -0.4 is 9.64 Å². The van der Waals surface area contributed by atoms with Crippen molar-refractivity contribution in [3.05, 3.63) is 72.3 Å². The molecule has 0 N–H and O–H groups in total. The van der Waals surface area contributed by atoms with Gasteiger partial charge < -0.3 is 14.5 Å². The van der Waals surface area contributed by atoms with Gasteiger partial charge in [-0.1, -0.05) is 42.5 Å². The van der Waals surface area contributed by atoms with Gasteiger partial charge in [-0.05, 0) is 29.8 Å². The summed E-state index contributed by atoms with van der Waals surface area (Å²) in [6.45, 7) is 2.94. The van der Waals surface area contributed by atoms with Crippen molar-refractivity contribution in [3.8, 4) is 17.0 Å². The minimum atomic E-state index is 0.207. The second kappa shape index (κ2) is 10.3. The van der Waals surface area contributed by atoms with Crippen LogP contribution in [0.4, 0.5) is 5.82 Å². The summed E-state index contributed by atoms with van der Waals surface area (Å²) >= 11 is 1.67. The van der Waals surface area contributed by atoms with Crippen LogP contribution in [-0.2, 0) is 10.5 Å². The Labute approximate surface area is 187 Å². The molecule has 7 heteroatoms. The molecule has 1 amide bonds. The summed E-state index contributed by atoms with van der Waals surface area (Å²) in [6.07, 6.45) is 0. The molecule has 1 saturated heterocycles. The van der Waals surface area contributed by atoms with E-state index in [-0.39, 0.29) is 5.91 Å². The molecular weight excluding hydrogens is 408 g/mol. The lowest BCUT2D eigenvalue weighted by atomic mass is 10.1. The molecule has 2 heterocycles. The van der Waals surface area contributed by atoms with Crippen molar-refractivity contribution >= 4 is 23.5 Å². The first-order chi connectivity index (χ1) is 15.2. The van der Waals surface area contributed by atoms with Gasteiger partial charge in [0.2, 0.25) is 5.91 Å². The van der Waals surface area contributed by atoms with Crippen molar-refractivity contribution in [3.63, 3.8) is 0 Å². The zero-order valence-corrected chi connectivity index (χ0v) is 18.4. The Morgan fingerprint density at radius 1 is 0.935 bits per heavy atom. The summed E-state index contributed by atoms with van der Waals surface area (Å²) in [5.74, 6) is 3.20. The van der Waals surface area contributed by atoms with Gasteiger partial charge in [-0.25, -0.2) is 0 Å². The highest BCUT2D eigenvalue weighted by Gasteiger charge is 2.22. The monoisotopic (exact) mass is 434 g/mol. The van der Waals surface area contributed by atoms with E-state index in [0.717, 1.165) is 41.7 Å². The fourth-order valence-electron chi connectivity index (χ4n) is 3.60. The third-order valence-corrected chi connectivity index (χ3v) is 6.32. The number of amides is 1. The molecule has 0 aliphatic carbocycles. The maximum atomic E-state index is 12.5. The highest BCUT2D eigenvalue weighted by atomic mass is 32.2. The van der Waals surface area contributed by atoms with E-state index < -0.39 is 0 Å². The molecule has 160 valence electrons. The number of thioether (sulfide) groups is 1. The van der Waals surface area contributed by atoms with Gasteiger partial charge in [0.05, 0.1) is 18.6 Å². The molecule has 6 nitrogen and oxygen atoms in total. The van der Waals surface area contributed by atoms with Gasteiger partial charge in [0, 0.05) is 37.5 Å². The lowest BCUT2D eigenvalue weighted by Crippen LogP contribution is -2.49. The van der Waals surface area contributed by atoms with Crippen molar-refractivity contribution in [1.29, 1.82) is 0 Å². The third-order valence-electron chi connectivity index (χ3n) is 5.33. The lowest BCUT2D eigenvalue weighted by molar-refractivity contribution is -0.128. The van der Waals surface area contributed by atoms with E-state index >= 15 is 0 Å². The Morgan fingerprint density at radius 3 is 2.39 bits per heavy atom. The van der Waals surface area contributed by atoms with Crippen molar-refractivity contribution in [2.75, 3.05) is 43.9 Å². The van der Waals surface area contributed by atoms with Crippen LogP contribution in [0, 0.1) is 0 Å². The van der Waals surface area contributed by atoms with Crippen LogP contribution in [0.25, 0.3) is 11.3 Å². The fourth-order valence-corrected chi connectivity index (χ4v) is 4.49. The molecule has 0 saturated carbocycles. The SMILES string of the molecule is COc1ccccc1-c1ccc(N2CCN(C(=O)CSCc3ccccc3)CC2)nn1. The van der Waals surface area contributed by atoms with E-state index in [1.807, 2.05) is 59.5 Å². The Bertz CT molecular complexity index is 990. The Hall–Kier alpha value is -3.06. The summed E-state index contributed by atoms with van der Waals surface area (Å²) in [6, 6.07) is 22.0. The van der Waals surface area contributed by atoms with Crippen LogP contribution in [-0.4, -0.2) is 60.0 Å². The number of piperazine rings is 1. The number of nitrogens with zero attached hydrogens (tertiary/aromatic N) is 4. The zero-order valence-electron chi connectivity index (χ0n) is 17.6. The van der Waals surface area contributed by atoms with Gasteiger partial charge in [-0.2, -0.15) is 0 Å². The van der Waals surface area contributed by atoms with E-state index in [2.05, 4.69) is 27.2 Å². The van der Waals surface area contributed by atoms with E-state index in [0.29, 0.717) is 18.8 Å². The van der Waals surface area contributed by atoms with Crippen LogP contribution in [0.2, 0.25) is 0 Å². The van der Waals surface area contributed by atoms with Gasteiger partial charge in [-0.15, -0.1) is 22.0 Å². The number of methoxy groups -OCH3 is 1. The predicted molar refractivity (Wildman–Crippen MR) is 125 cm³/mol. The van der Waals surface area contributed by atoms with Crippen LogP contribution in [0.1, 0.15) is 5.56 Å². The van der Waals surface area contributed by atoms with Gasteiger partial charge in [0.15, 0.2) is 5.82 Å². The molecule has 3 aromatic rings.